The summed E-state index contributed by atoms with van der Waals surface area (Å²) in [4.78, 5) is 4.67. The summed E-state index contributed by atoms with van der Waals surface area (Å²) < 4.78 is 7.69. The number of aromatic nitrogens is 4. The Hall–Kier alpha value is -3.15. The number of nitrogens with one attached hydrogen (secondary N) is 1. The Morgan fingerprint density at radius 1 is 1.04 bits per heavy atom. The molecular weight excluding hydrogens is 314 g/mol. The Morgan fingerprint density at radius 2 is 1.84 bits per heavy atom. The van der Waals surface area contributed by atoms with Gasteiger partial charge < -0.3 is 14.3 Å². The van der Waals surface area contributed by atoms with Crippen LogP contribution < -0.4 is 5.32 Å². The van der Waals surface area contributed by atoms with Gasteiger partial charge in [-0.15, -0.1) is 10.2 Å². The van der Waals surface area contributed by atoms with Gasteiger partial charge in [0.05, 0.1) is 17.6 Å². The summed E-state index contributed by atoms with van der Waals surface area (Å²) in [7, 11) is 2.04. The molecule has 2 aromatic carbocycles. The fourth-order valence-electron chi connectivity index (χ4n) is 2.78. The van der Waals surface area contributed by atoms with Crippen LogP contribution in [-0.4, -0.2) is 19.7 Å². The van der Waals surface area contributed by atoms with Gasteiger partial charge in [0.15, 0.2) is 0 Å². The molecule has 0 aliphatic heterocycles. The van der Waals surface area contributed by atoms with Crippen LogP contribution in [0.4, 0.5) is 5.69 Å². The van der Waals surface area contributed by atoms with E-state index in [1.165, 1.54) is 0 Å². The van der Waals surface area contributed by atoms with Gasteiger partial charge in [-0.3, -0.25) is 0 Å². The number of aryl methyl sites for hydroxylation is 2. The van der Waals surface area contributed by atoms with Crippen LogP contribution in [0.5, 0.6) is 0 Å². The number of hydrogen-bond acceptors (Lipinski definition) is 5. The number of para-hydroxylation sites is 2. The number of rotatable bonds is 5. The van der Waals surface area contributed by atoms with Crippen molar-refractivity contribution in [1.82, 2.24) is 19.7 Å². The summed E-state index contributed by atoms with van der Waals surface area (Å²) in [5.41, 5.74) is 4.09. The number of benzene rings is 2. The highest BCUT2D eigenvalue weighted by atomic mass is 16.4. The molecule has 0 unspecified atom stereocenters. The number of anilines is 1. The molecule has 0 atom stereocenters. The predicted molar refractivity (Wildman–Crippen MR) is 97.2 cm³/mol. The first-order valence-electron chi connectivity index (χ1n) is 8.31. The van der Waals surface area contributed by atoms with E-state index < -0.39 is 0 Å². The van der Waals surface area contributed by atoms with Crippen LogP contribution in [0.15, 0.2) is 52.9 Å². The van der Waals surface area contributed by atoms with Gasteiger partial charge in [-0.1, -0.05) is 19.1 Å². The molecule has 6 nitrogen and oxygen atoms in total. The minimum absolute atomic E-state index is 0.554. The third kappa shape index (κ3) is 2.98. The molecule has 0 amide bonds. The maximum absolute atomic E-state index is 5.58. The number of imidazole rings is 1. The first-order chi connectivity index (χ1) is 12.2. The van der Waals surface area contributed by atoms with Crippen molar-refractivity contribution >= 4 is 16.7 Å². The van der Waals surface area contributed by atoms with Crippen LogP contribution in [0.1, 0.15) is 18.6 Å². The van der Waals surface area contributed by atoms with Gasteiger partial charge in [0.2, 0.25) is 11.8 Å². The molecule has 4 aromatic rings. The van der Waals surface area contributed by atoms with Crippen molar-refractivity contribution in [3.05, 3.63) is 60.2 Å². The van der Waals surface area contributed by atoms with E-state index in [-0.39, 0.29) is 0 Å². The quantitative estimate of drug-likeness (QED) is 0.601. The molecule has 0 bridgehead atoms. The first-order valence-corrected chi connectivity index (χ1v) is 8.31. The average molecular weight is 333 g/mol. The van der Waals surface area contributed by atoms with Crippen molar-refractivity contribution in [2.24, 2.45) is 7.05 Å². The van der Waals surface area contributed by atoms with Gasteiger partial charge in [0.25, 0.3) is 0 Å². The minimum Gasteiger partial charge on any atom is -0.421 e. The first kappa shape index (κ1) is 15.4. The normalized spacial score (nSPS) is 11.1. The van der Waals surface area contributed by atoms with Crippen LogP contribution in [0, 0.1) is 0 Å². The summed E-state index contributed by atoms with van der Waals surface area (Å²) >= 11 is 0. The molecule has 1 N–H and O–H groups in total. The van der Waals surface area contributed by atoms with Crippen molar-refractivity contribution in [3.8, 4) is 11.5 Å². The Labute approximate surface area is 145 Å². The highest BCUT2D eigenvalue weighted by molar-refractivity contribution is 5.75. The average Bonchev–Trinajstić information content (AvgIpc) is 3.26. The van der Waals surface area contributed by atoms with E-state index in [0.717, 1.165) is 34.5 Å². The van der Waals surface area contributed by atoms with Crippen LogP contribution >= 0.6 is 0 Å². The summed E-state index contributed by atoms with van der Waals surface area (Å²) in [6, 6.07) is 16.1. The summed E-state index contributed by atoms with van der Waals surface area (Å²) in [5, 5.41) is 11.5. The van der Waals surface area contributed by atoms with Gasteiger partial charge in [0, 0.05) is 24.7 Å². The van der Waals surface area contributed by atoms with E-state index in [0.29, 0.717) is 18.3 Å². The lowest BCUT2D eigenvalue weighted by atomic mass is 10.2. The zero-order valence-corrected chi connectivity index (χ0v) is 14.2. The minimum atomic E-state index is 0.554. The Balaban J connectivity index is 1.48. The molecule has 2 heterocycles. The van der Waals surface area contributed by atoms with E-state index in [1.807, 2.05) is 56.4 Å². The SMILES string of the molecule is CCc1nnc(-c2ccc(NCc3nc4ccccc4n3C)cc2)o1. The zero-order valence-electron chi connectivity index (χ0n) is 14.2. The third-order valence-electron chi connectivity index (χ3n) is 4.23. The largest absolute Gasteiger partial charge is 0.421 e. The molecule has 6 heteroatoms. The lowest BCUT2D eigenvalue weighted by molar-refractivity contribution is 0.513. The Kier molecular flexibility index (Phi) is 3.93. The fourth-order valence-corrected chi connectivity index (χ4v) is 2.78. The molecule has 0 aliphatic rings. The summed E-state index contributed by atoms with van der Waals surface area (Å²) in [6.45, 7) is 2.65. The van der Waals surface area contributed by atoms with Gasteiger partial charge >= 0.3 is 0 Å². The third-order valence-corrected chi connectivity index (χ3v) is 4.23. The molecule has 0 saturated carbocycles. The van der Waals surface area contributed by atoms with E-state index in [9.17, 15) is 0 Å². The maximum Gasteiger partial charge on any atom is 0.247 e. The van der Waals surface area contributed by atoms with Crippen molar-refractivity contribution < 1.29 is 4.42 Å². The van der Waals surface area contributed by atoms with Crippen LogP contribution in [0.2, 0.25) is 0 Å². The molecule has 2 aromatic heterocycles. The van der Waals surface area contributed by atoms with Crippen molar-refractivity contribution in [3.63, 3.8) is 0 Å². The van der Waals surface area contributed by atoms with Crippen LogP contribution in [0.3, 0.4) is 0 Å². The molecule has 4 rings (SSSR count). The Bertz CT molecular complexity index is 1000. The van der Waals surface area contributed by atoms with Gasteiger partial charge in [0.1, 0.15) is 5.82 Å². The molecule has 25 heavy (non-hydrogen) atoms. The van der Waals surface area contributed by atoms with E-state index in [1.54, 1.807) is 0 Å². The highest BCUT2D eigenvalue weighted by Crippen LogP contribution is 2.21. The van der Waals surface area contributed by atoms with Gasteiger partial charge in [-0.05, 0) is 36.4 Å². The molecule has 0 spiro atoms. The standard InChI is InChI=1S/C19H19N5O/c1-3-18-22-23-19(25-18)13-8-10-14(11-9-13)20-12-17-21-15-6-4-5-7-16(15)24(17)2/h4-11,20H,3,12H2,1-2H3. The Morgan fingerprint density at radius 3 is 2.56 bits per heavy atom. The predicted octanol–water partition coefficient (Wildman–Crippen LogP) is 3.80. The molecule has 0 aliphatic carbocycles. The smallest absolute Gasteiger partial charge is 0.247 e. The zero-order chi connectivity index (χ0) is 17.2. The number of fused-ring (bicyclic) bond motifs is 1. The lowest BCUT2D eigenvalue weighted by Gasteiger charge is -2.07. The fraction of sp³-hybridized carbons (Fsp3) is 0.211. The van der Waals surface area contributed by atoms with Gasteiger partial charge in [-0.2, -0.15) is 0 Å². The van der Waals surface area contributed by atoms with Crippen molar-refractivity contribution in [1.29, 1.82) is 0 Å². The molecule has 0 radical (unpaired) electrons. The molecular formula is C19H19N5O. The number of nitrogens with zero attached hydrogens (tertiary/aromatic N) is 4. The van der Waals surface area contributed by atoms with E-state index in [4.69, 9.17) is 4.42 Å². The second kappa shape index (κ2) is 6.39. The summed E-state index contributed by atoms with van der Waals surface area (Å²) in [5.74, 6) is 2.20. The topological polar surface area (TPSA) is 68.8 Å². The summed E-state index contributed by atoms with van der Waals surface area (Å²) in [6.07, 6.45) is 0.741. The molecule has 126 valence electrons. The maximum atomic E-state index is 5.58. The van der Waals surface area contributed by atoms with E-state index in [2.05, 4.69) is 31.1 Å². The van der Waals surface area contributed by atoms with Crippen LogP contribution in [-0.2, 0) is 20.0 Å². The van der Waals surface area contributed by atoms with Crippen molar-refractivity contribution in [2.75, 3.05) is 5.32 Å². The number of hydrogen-bond donors (Lipinski definition) is 1. The van der Waals surface area contributed by atoms with Gasteiger partial charge in [-0.25, -0.2) is 4.98 Å². The molecule has 0 fully saturated rings. The highest BCUT2D eigenvalue weighted by Gasteiger charge is 2.08. The molecule has 0 saturated heterocycles. The monoisotopic (exact) mass is 333 g/mol. The van der Waals surface area contributed by atoms with E-state index >= 15 is 0 Å². The van der Waals surface area contributed by atoms with Crippen molar-refractivity contribution in [2.45, 2.75) is 19.9 Å². The second-order valence-corrected chi connectivity index (χ2v) is 5.86. The lowest BCUT2D eigenvalue weighted by Crippen LogP contribution is -2.05. The van der Waals surface area contributed by atoms with Crippen LogP contribution in [0.25, 0.3) is 22.5 Å². The second-order valence-electron chi connectivity index (χ2n) is 5.86.